The van der Waals surface area contributed by atoms with Crippen LogP contribution in [0.25, 0.3) is 22.6 Å². The first-order chi connectivity index (χ1) is 11.0. The van der Waals surface area contributed by atoms with Crippen LogP contribution in [0.4, 0.5) is 5.69 Å². The molecule has 2 aromatic carbocycles. The molecule has 0 aliphatic heterocycles. The van der Waals surface area contributed by atoms with Crippen molar-refractivity contribution in [1.82, 2.24) is 4.98 Å². The number of hydrogen-bond donors (Lipinski definition) is 3. The fourth-order valence-corrected chi connectivity index (χ4v) is 2.20. The van der Waals surface area contributed by atoms with Gasteiger partial charge in [-0.25, -0.2) is 9.98 Å². The van der Waals surface area contributed by atoms with E-state index in [2.05, 4.69) is 15.0 Å². The number of oxazole rings is 1. The zero-order chi connectivity index (χ0) is 16.4. The Kier molecular flexibility index (Phi) is 3.68. The molecular weight excluding hydrogens is 292 g/mol. The maximum absolute atomic E-state index is 5.83. The summed E-state index contributed by atoms with van der Waals surface area (Å²) in [6.45, 7) is 2.01. The summed E-state index contributed by atoms with van der Waals surface area (Å²) in [5.41, 5.74) is 20.1. The van der Waals surface area contributed by atoms with E-state index < -0.39 is 0 Å². The third kappa shape index (κ3) is 3.13. The standard InChI is InChI=1S/C16H16N6O/c1-9-4-2-3-5-11(9)14-21-12-7-6-10(8-13(12)23-14)20-16(19)22-15(17)18/h2-8H,1H3,(H6,17,18,19,20,22). The molecule has 1 heterocycles. The Morgan fingerprint density at radius 2 is 1.87 bits per heavy atom. The Morgan fingerprint density at radius 3 is 2.61 bits per heavy atom. The molecule has 1 aromatic heterocycles. The molecule has 0 radical (unpaired) electrons. The zero-order valence-electron chi connectivity index (χ0n) is 12.5. The van der Waals surface area contributed by atoms with Crippen LogP contribution in [0.15, 0.2) is 56.9 Å². The summed E-state index contributed by atoms with van der Waals surface area (Å²) >= 11 is 0. The van der Waals surface area contributed by atoms with E-state index in [-0.39, 0.29) is 11.9 Å². The molecule has 23 heavy (non-hydrogen) atoms. The molecule has 0 bridgehead atoms. The molecule has 0 aliphatic rings. The van der Waals surface area contributed by atoms with Crippen LogP contribution in [0.2, 0.25) is 0 Å². The third-order valence-electron chi connectivity index (χ3n) is 3.23. The summed E-state index contributed by atoms with van der Waals surface area (Å²) in [5, 5.41) is 0. The highest BCUT2D eigenvalue weighted by atomic mass is 16.3. The van der Waals surface area contributed by atoms with E-state index in [4.69, 9.17) is 21.6 Å². The predicted molar refractivity (Wildman–Crippen MR) is 91.3 cm³/mol. The number of benzene rings is 2. The molecule has 0 saturated heterocycles. The number of aromatic nitrogens is 1. The molecule has 6 N–H and O–H groups in total. The van der Waals surface area contributed by atoms with Crippen molar-refractivity contribution in [1.29, 1.82) is 0 Å². The van der Waals surface area contributed by atoms with Crippen LogP contribution in [0.3, 0.4) is 0 Å². The van der Waals surface area contributed by atoms with E-state index in [1.807, 2.05) is 37.3 Å². The van der Waals surface area contributed by atoms with Gasteiger partial charge in [0.2, 0.25) is 11.9 Å². The van der Waals surface area contributed by atoms with Gasteiger partial charge in [-0.1, -0.05) is 18.2 Å². The lowest BCUT2D eigenvalue weighted by Gasteiger charge is -1.98. The summed E-state index contributed by atoms with van der Waals surface area (Å²) < 4.78 is 5.83. The molecule has 0 saturated carbocycles. The average Bonchev–Trinajstić information content (AvgIpc) is 2.89. The first kappa shape index (κ1) is 14.6. The van der Waals surface area contributed by atoms with Crippen LogP contribution < -0.4 is 17.2 Å². The molecule has 7 heteroatoms. The van der Waals surface area contributed by atoms with Gasteiger partial charge in [0.05, 0.1) is 5.69 Å². The fourth-order valence-electron chi connectivity index (χ4n) is 2.20. The van der Waals surface area contributed by atoms with Crippen molar-refractivity contribution in [3.8, 4) is 11.5 Å². The Balaban J connectivity index is 2.02. The van der Waals surface area contributed by atoms with E-state index in [1.165, 1.54) is 0 Å². The quantitative estimate of drug-likeness (QED) is 0.492. The number of fused-ring (bicyclic) bond motifs is 1. The van der Waals surface area contributed by atoms with Crippen molar-refractivity contribution in [3.05, 3.63) is 48.0 Å². The lowest BCUT2D eigenvalue weighted by molar-refractivity contribution is 0.619. The van der Waals surface area contributed by atoms with Gasteiger partial charge in [0.25, 0.3) is 0 Å². The third-order valence-corrected chi connectivity index (χ3v) is 3.23. The molecule has 0 aliphatic carbocycles. The van der Waals surface area contributed by atoms with E-state index in [0.717, 1.165) is 16.6 Å². The number of hydrogen-bond acceptors (Lipinski definition) is 3. The Bertz CT molecular complexity index is 921. The number of aliphatic imine (C=N–C) groups is 2. The maximum atomic E-state index is 5.83. The maximum Gasteiger partial charge on any atom is 0.227 e. The highest BCUT2D eigenvalue weighted by Crippen LogP contribution is 2.28. The van der Waals surface area contributed by atoms with Crippen LogP contribution in [-0.4, -0.2) is 16.9 Å². The minimum absolute atomic E-state index is 0.0250. The van der Waals surface area contributed by atoms with Crippen molar-refractivity contribution in [3.63, 3.8) is 0 Å². The van der Waals surface area contributed by atoms with Crippen LogP contribution in [0.5, 0.6) is 0 Å². The van der Waals surface area contributed by atoms with Crippen LogP contribution in [0, 0.1) is 6.92 Å². The van der Waals surface area contributed by atoms with Crippen LogP contribution in [0.1, 0.15) is 5.56 Å². The summed E-state index contributed by atoms with van der Waals surface area (Å²) in [6.07, 6.45) is 0. The van der Waals surface area contributed by atoms with Crippen LogP contribution in [-0.2, 0) is 0 Å². The first-order valence-electron chi connectivity index (χ1n) is 6.93. The summed E-state index contributed by atoms with van der Waals surface area (Å²) in [7, 11) is 0. The van der Waals surface area contributed by atoms with Gasteiger partial charge in [0.15, 0.2) is 11.5 Å². The van der Waals surface area contributed by atoms with Gasteiger partial charge in [0.1, 0.15) is 5.52 Å². The van der Waals surface area contributed by atoms with Gasteiger partial charge in [-0.05, 0) is 30.7 Å². The van der Waals surface area contributed by atoms with Crippen molar-refractivity contribution in [2.45, 2.75) is 6.92 Å². The average molecular weight is 308 g/mol. The lowest BCUT2D eigenvalue weighted by atomic mass is 10.1. The molecule has 3 aromatic rings. The Hall–Kier alpha value is -3.35. The summed E-state index contributed by atoms with van der Waals surface area (Å²) in [4.78, 5) is 12.3. The molecule has 7 nitrogen and oxygen atoms in total. The molecule has 0 amide bonds. The van der Waals surface area contributed by atoms with Gasteiger partial charge in [-0.3, -0.25) is 0 Å². The second-order valence-electron chi connectivity index (χ2n) is 4.99. The minimum Gasteiger partial charge on any atom is -0.436 e. The van der Waals surface area contributed by atoms with Gasteiger partial charge in [-0.15, -0.1) is 0 Å². The highest BCUT2D eigenvalue weighted by Gasteiger charge is 2.10. The van der Waals surface area contributed by atoms with Crippen LogP contribution >= 0.6 is 0 Å². The monoisotopic (exact) mass is 308 g/mol. The molecule has 3 rings (SSSR count). The van der Waals surface area contributed by atoms with Gasteiger partial charge >= 0.3 is 0 Å². The zero-order valence-corrected chi connectivity index (χ0v) is 12.5. The minimum atomic E-state index is -0.145. The van der Waals surface area contributed by atoms with Crippen molar-refractivity contribution >= 4 is 28.7 Å². The van der Waals surface area contributed by atoms with E-state index >= 15 is 0 Å². The summed E-state index contributed by atoms with van der Waals surface area (Å²) in [6, 6.07) is 13.2. The van der Waals surface area contributed by atoms with Crippen molar-refractivity contribution in [2.75, 3.05) is 0 Å². The van der Waals surface area contributed by atoms with E-state index in [1.54, 1.807) is 12.1 Å². The number of nitrogens with zero attached hydrogens (tertiary/aromatic N) is 3. The Labute approximate surface area is 132 Å². The normalized spacial score (nSPS) is 11.6. The molecule has 116 valence electrons. The number of nitrogens with two attached hydrogens (primary N) is 3. The van der Waals surface area contributed by atoms with Gasteiger partial charge < -0.3 is 21.6 Å². The molecule has 0 atom stereocenters. The largest absolute Gasteiger partial charge is 0.436 e. The van der Waals surface area contributed by atoms with Gasteiger partial charge in [0, 0.05) is 11.6 Å². The highest BCUT2D eigenvalue weighted by molar-refractivity contribution is 5.94. The van der Waals surface area contributed by atoms with Gasteiger partial charge in [-0.2, -0.15) is 4.99 Å². The molecular formula is C16H16N6O. The molecule has 0 spiro atoms. The number of guanidine groups is 2. The predicted octanol–water partition coefficient (Wildman–Crippen LogP) is 2.02. The Morgan fingerprint density at radius 1 is 1.09 bits per heavy atom. The number of rotatable bonds is 2. The van der Waals surface area contributed by atoms with E-state index in [9.17, 15) is 0 Å². The SMILES string of the molecule is Cc1ccccc1-c1nc2ccc(N=C(N)N=C(N)N)cc2o1. The second-order valence-corrected chi connectivity index (χ2v) is 4.99. The van der Waals surface area contributed by atoms with Crippen molar-refractivity contribution in [2.24, 2.45) is 27.2 Å². The number of aryl methyl sites for hydroxylation is 1. The summed E-state index contributed by atoms with van der Waals surface area (Å²) in [5.74, 6) is 0.397. The lowest BCUT2D eigenvalue weighted by Crippen LogP contribution is -2.26. The smallest absolute Gasteiger partial charge is 0.227 e. The molecule has 0 fully saturated rings. The van der Waals surface area contributed by atoms with Crippen molar-refractivity contribution < 1.29 is 4.42 Å². The van der Waals surface area contributed by atoms with E-state index in [0.29, 0.717) is 17.2 Å². The topological polar surface area (TPSA) is 129 Å². The fraction of sp³-hybridized carbons (Fsp3) is 0.0625. The molecule has 0 unspecified atom stereocenters. The second kappa shape index (κ2) is 5.80. The first-order valence-corrected chi connectivity index (χ1v) is 6.93.